The standard InChI is InChI=1S/C26H25BrN4O7S/c27-14-20(29-10-12-36-13-11-29)23(26(33)38-15-17-6-8-18(9-7-17)31(34)35)30-24(32)22-25(30)39-21(28-22)16-37-19-4-2-1-3-5-19/h1-9,22,25H,10-16H2. The molecule has 0 N–H and O–H groups in total. The third-order valence-electron chi connectivity index (χ3n) is 6.40. The minimum absolute atomic E-state index is 0.0536. The normalized spacial score (nSPS) is 20.9. The molecule has 39 heavy (non-hydrogen) atoms. The lowest BCUT2D eigenvalue weighted by atomic mass is 10.1. The molecule has 5 rings (SSSR count). The Bertz CT molecular complexity index is 1300. The van der Waals surface area contributed by atoms with E-state index in [-0.39, 0.29) is 35.9 Å². The molecule has 3 aliphatic rings. The lowest BCUT2D eigenvalue weighted by molar-refractivity contribution is -0.384. The van der Waals surface area contributed by atoms with Crippen LogP contribution in [-0.2, 0) is 25.7 Å². The van der Waals surface area contributed by atoms with Crippen LogP contribution < -0.4 is 4.74 Å². The summed E-state index contributed by atoms with van der Waals surface area (Å²) in [5.74, 6) is -0.237. The quantitative estimate of drug-likeness (QED) is 0.0987. The second-order valence-corrected chi connectivity index (χ2v) is 10.6. The molecule has 0 aromatic heterocycles. The Labute approximate surface area is 237 Å². The number of thioether (sulfide) groups is 1. The number of fused-ring (bicyclic) bond motifs is 1. The minimum atomic E-state index is -0.657. The second kappa shape index (κ2) is 12.2. The van der Waals surface area contributed by atoms with E-state index in [0.29, 0.717) is 53.7 Å². The average Bonchev–Trinajstić information content (AvgIpc) is 3.35. The van der Waals surface area contributed by atoms with Crippen LogP contribution in [0.1, 0.15) is 5.56 Å². The van der Waals surface area contributed by atoms with E-state index in [1.165, 1.54) is 40.9 Å². The molecule has 2 unspecified atom stereocenters. The van der Waals surface area contributed by atoms with Crippen LogP contribution in [0.3, 0.4) is 0 Å². The second-order valence-electron chi connectivity index (χ2n) is 8.81. The zero-order chi connectivity index (χ0) is 27.4. The highest BCUT2D eigenvalue weighted by Crippen LogP contribution is 2.43. The van der Waals surface area contributed by atoms with Crippen LogP contribution in [0.5, 0.6) is 5.75 Å². The molecule has 3 aliphatic heterocycles. The number of carbonyl (C=O) groups is 2. The summed E-state index contributed by atoms with van der Waals surface area (Å²) in [6, 6.07) is 14.5. The number of likely N-dealkylation sites (tertiary alicyclic amines) is 1. The molecule has 204 valence electrons. The van der Waals surface area contributed by atoms with Crippen molar-refractivity contribution < 1.29 is 28.7 Å². The van der Waals surface area contributed by atoms with E-state index in [4.69, 9.17) is 14.2 Å². The van der Waals surface area contributed by atoms with Crippen LogP contribution in [0, 0.1) is 10.1 Å². The van der Waals surface area contributed by atoms with E-state index < -0.39 is 16.9 Å². The average molecular weight is 617 g/mol. The molecule has 2 saturated heterocycles. The summed E-state index contributed by atoms with van der Waals surface area (Å²) in [7, 11) is 0. The molecule has 3 heterocycles. The molecule has 0 saturated carbocycles. The first kappa shape index (κ1) is 27.2. The number of carbonyl (C=O) groups excluding carboxylic acids is 2. The smallest absolute Gasteiger partial charge is 0.357 e. The number of allylic oxidation sites excluding steroid dienone is 1. The predicted molar refractivity (Wildman–Crippen MR) is 147 cm³/mol. The number of nitro groups is 1. The first-order valence-corrected chi connectivity index (χ1v) is 14.2. The molecule has 0 radical (unpaired) electrons. The van der Waals surface area contributed by atoms with Gasteiger partial charge in [-0.3, -0.25) is 24.8 Å². The fraction of sp³-hybridized carbons (Fsp3) is 0.346. The molecule has 2 atom stereocenters. The number of β-lactam (4-membered cyclic amide) rings is 1. The Balaban J connectivity index is 1.34. The van der Waals surface area contributed by atoms with E-state index in [9.17, 15) is 19.7 Å². The van der Waals surface area contributed by atoms with Gasteiger partial charge in [0.05, 0.1) is 23.8 Å². The fourth-order valence-corrected chi connectivity index (χ4v) is 6.22. The monoisotopic (exact) mass is 616 g/mol. The number of nitrogens with zero attached hydrogens (tertiary/aromatic N) is 4. The van der Waals surface area contributed by atoms with Crippen LogP contribution in [0.25, 0.3) is 0 Å². The van der Waals surface area contributed by atoms with Crippen molar-refractivity contribution in [1.82, 2.24) is 9.80 Å². The maximum atomic E-state index is 13.6. The number of amides is 1. The van der Waals surface area contributed by atoms with Crippen LogP contribution >= 0.6 is 27.7 Å². The van der Waals surface area contributed by atoms with Gasteiger partial charge in [0, 0.05) is 30.6 Å². The van der Waals surface area contributed by atoms with Crippen molar-refractivity contribution >= 4 is 50.3 Å². The topological polar surface area (TPSA) is 124 Å². The largest absolute Gasteiger partial charge is 0.487 e. The van der Waals surface area contributed by atoms with Gasteiger partial charge in [-0.15, -0.1) is 0 Å². The Kier molecular flexibility index (Phi) is 8.48. The number of benzene rings is 2. The Morgan fingerprint density at radius 2 is 1.85 bits per heavy atom. The van der Waals surface area contributed by atoms with E-state index in [1.54, 1.807) is 0 Å². The number of alkyl halides is 1. The number of esters is 1. The van der Waals surface area contributed by atoms with E-state index in [2.05, 4.69) is 20.9 Å². The molecule has 0 spiro atoms. The van der Waals surface area contributed by atoms with Crippen LogP contribution in [-0.4, -0.2) is 81.3 Å². The third kappa shape index (κ3) is 5.94. The van der Waals surface area contributed by atoms with E-state index in [0.717, 1.165) is 0 Å². The van der Waals surface area contributed by atoms with Gasteiger partial charge in [0.15, 0.2) is 11.7 Å². The van der Waals surface area contributed by atoms with Gasteiger partial charge in [-0.2, -0.15) is 0 Å². The van der Waals surface area contributed by atoms with Crippen molar-refractivity contribution in [3.05, 3.63) is 81.7 Å². The number of nitro benzene ring substituents is 1. The number of rotatable bonds is 10. The first-order valence-electron chi connectivity index (χ1n) is 12.2. The molecule has 11 nitrogen and oxygen atoms in total. The van der Waals surface area contributed by atoms with Crippen LogP contribution in [0.4, 0.5) is 5.69 Å². The molecular formula is C26H25BrN4O7S. The summed E-state index contributed by atoms with van der Waals surface area (Å²) in [4.78, 5) is 45.3. The van der Waals surface area contributed by atoms with Gasteiger partial charge in [0.1, 0.15) is 29.4 Å². The third-order valence-corrected chi connectivity index (χ3v) is 8.14. The Morgan fingerprint density at radius 1 is 1.13 bits per heavy atom. The molecule has 13 heteroatoms. The number of hydrogen-bond acceptors (Lipinski definition) is 10. The highest BCUT2D eigenvalue weighted by molar-refractivity contribution is 9.09. The van der Waals surface area contributed by atoms with Crippen molar-refractivity contribution in [2.75, 3.05) is 38.2 Å². The first-order chi connectivity index (χ1) is 19.0. The number of halogens is 1. The van der Waals surface area contributed by atoms with Gasteiger partial charge in [-0.25, -0.2) is 4.79 Å². The Hall–Kier alpha value is -3.42. The molecular weight excluding hydrogens is 592 g/mol. The molecule has 2 aromatic rings. The zero-order valence-electron chi connectivity index (χ0n) is 20.7. The van der Waals surface area contributed by atoms with Gasteiger partial charge in [0.25, 0.3) is 11.6 Å². The molecule has 0 aliphatic carbocycles. The van der Waals surface area contributed by atoms with Gasteiger partial charge in [-0.1, -0.05) is 45.9 Å². The number of hydrogen-bond donors (Lipinski definition) is 0. The maximum absolute atomic E-state index is 13.6. The number of ether oxygens (including phenoxy) is 3. The van der Waals surface area contributed by atoms with Crippen molar-refractivity contribution in [2.24, 2.45) is 4.99 Å². The van der Waals surface area contributed by atoms with Gasteiger partial charge < -0.3 is 19.1 Å². The summed E-state index contributed by atoms with van der Waals surface area (Å²) in [5, 5.41) is 11.6. The number of para-hydroxylation sites is 1. The maximum Gasteiger partial charge on any atom is 0.357 e. The fourth-order valence-electron chi connectivity index (χ4n) is 4.40. The predicted octanol–water partition coefficient (Wildman–Crippen LogP) is 3.34. The van der Waals surface area contributed by atoms with Gasteiger partial charge >= 0.3 is 5.97 Å². The van der Waals surface area contributed by atoms with Crippen LogP contribution in [0.15, 0.2) is 71.0 Å². The lowest BCUT2D eigenvalue weighted by Crippen LogP contribution is -2.61. The molecule has 2 fully saturated rings. The molecule has 0 bridgehead atoms. The number of non-ortho nitro benzene ring substituents is 1. The van der Waals surface area contributed by atoms with Crippen molar-refractivity contribution in [1.29, 1.82) is 0 Å². The number of aliphatic imine (C=N–C) groups is 1. The summed E-state index contributed by atoms with van der Waals surface area (Å²) < 4.78 is 16.9. The number of morpholine rings is 1. The van der Waals surface area contributed by atoms with Gasteiger partial charge in [-0.05, 0) is 29.8 Å². The highest BCUT2D eigenvalue weighted by Gasteiger charge is 2.56. The molecule has 2 aromatic carbocycles. The minimum Gasteiger partial charge on any atom is -0.487 e. The summed E-state index contributed by atoms with van der Waals surface area (Å²) >= 11 is 4.91. The molecule has 1 amide bonds. The van der Waals surface area contributed by atoms with Gasteiger partial charge in [0.2, 0.25) is 0 Å². The zero-order valence-corrected chi connectivity index (χ0v) is 23.1. The summed E-state index contributed by atoms with van der Waals surface area (Å²) in [5.41, 5.74) is 1.33. The SMILES string of the molecule is O=C(OCc1ccc([N+](=O)[O-])cc1)C(=C(CBr)N1CCOCC1)N1C(=O)C2N=C(COc3ccccc3)SC21. The van der Waals surface area contributed by atoms with Crippen molar-refractivity contribution in [2.45, 2.75) is 18.0 Å². The van der Waals surface area contributed by atoms with E-state index in [1.807, 2.05) is 35.2 Å². The summed E-state index contributed by atoms with van der Waals surface area (Å²) in [6.45, 7) is 2.25. The lowest BCUT2D eigenvalue weighted by Gasteiger charge is -2.43. The van der Waals surface area contributed by atoms with Crippen molar-refractivity contribution in [3.8, 4) is 5.75 Å². The van der Waals surface area contributed by atoms with E-state index >= 15 is 0 Å². The summed E-state index contributed by atoms with van der Waals surface area (Å²) in [6.07, 6.45) is 0. The Morgan fingerprint density at radius 3 is 2.51 bits per heavy atom. The highest BCUT2D eigenvalue weighted by atomic mass is 79.9. The van der Waals surface area contributed by atoms with Crippen molar-refractivity contribution in [3.63, 3.8) is 0 Å². The van der Waals surface area contributed by atoms with Crippen LogP contribution in [0.2, 0.25) is 0 Å².